The SMILES string of the molecule is CCCCN1C(=O)CC[C@H]1C. The fourth-order valence-corrected chi connectivity index (χ4v) is 1.55. The van der Waals surface area contributed by atoms with Crippen molar-refractivity contribution >= 4 is 5.91 Å². The van der Waals surface area contributed by atoms with Gasteiger partial charge in [0, 0.05) is 19.0 Å². The Labute approximate surface area is 68.6 Å². The van der Waals surface area contributed by atoms with E-state index in [9.17, 15) is 4.79 Å². The zero-order valence-electron chi connectivity index (χ0n) is 7.47. The van der Waals surface area contributed by atoms with E-state index in [1.165, 1.54) is 6.42 Å². The topological polar surface area (TPSA) is 20.3 Å². The van der Waals surface area contributed by atoms with Crippen molar-refractivity contribution in [2.24, 2.45) is 0 Å². The number of hydrogen-bond acceptors (Lipinski definition) is 1. The van der Waals surface area contributed by atoms with Crippen LogP contribution in [0.4, 0.5) is 0 Å². The molecule has 0 N–H and O–H groups in total. The second kappa shape index (κ2) is 3.74. The molecule has 0 radical (unpaired) electrons. The Balaban J connectivity index is 2.35. The molecule has 0 aliphatic carbocycles. The summed E-state index contributed by atoms with van der Waals surface area (Å²) < 4.78 is 0. The van der Waals surface area contributed by atoms with Gasteiger partial charge in [-0.25, -0.2) is 0 Å². The van der Waals surface area contributed by atoms with Crippen LogP contribution in [-0.2, 0) is 4.79 Å². The standard InChI is InChI=1S/C9H17NO/c1-3-4-7-10-8(2)5-6-9(10)11/h8H,3-7H2,1-2H3/t8-/m1/s1. The third kappa shape index (κ3) is 1.95. The van der Waals surface area contributed by atoms with Gasteiger partial charge in [-0.1, -0.05) is 13.3 Å². The Kier molecular flexibility index (Phi) is 2.92. The molecule has 1 fully saturated rings. The number of unbranched alkanes of at least 4 members (excludes halogenated alkanes) is 1. The molecule has 0 aromatic carbocycles. The monoisotopic (exact) mass is 155 g/mol. The van der Waals surface area contributed by atoms with Crippen molar-refractivity contribution in [2.75, 3.05) is 6.54 Å². The molecule has 0 spiro atoms. The second-order valence-electron chi connectivity index (χ2n) is 3.33. The average Bonchev–Trinajstić information content (AvgIpc) is 2.29. The van der Waals surface area contributed by atoms with Crippen LogP contribution < -0.4 is 0 Å². The number of carbonyl (C=O) groups is 1. The van der Waals surface area contributed by atoms with Gasteiger partial charge in [0.15, 0.2) is 0 Å². The lowest BCUT2D eigenvalue weighted by atomic mass is 10.2. The first-order chi connectivity index (χ1) is 5.25. The van der Waals surface area contributed by atoms with Gasteiger partial charge in [0.25, 0.3) is 0 Å². The molecule has 0 aromatic heterocycles. The molecule has 1 atom stereocenters. The molecular formula is C9H17NO. The Morgan fingerprint density at radius 1 is 1.64 bits per heavy atom. The fraction of sp³-hybridized carbons (Fsp3) is 0.889. The fourth-order valence-electron chi connectivity index (χ4n) is 1.55. The lowest BCUT2D eigenvalue weighted by Gasteiger charge is -2.20. The Morgan fingerprint density at radius 3 is 2.82 bits per heavy atom. The van der Waals surface area contributed by atoms with Crippen LogP contribution in [0.15, 0.2) is 0 Å². The van der Waals surface area contributed by atoms with Crippen molar-refractivity contribution in [2.45, 2.75) is 45.6 Å². The summed E-state index contributed by atoms with van der Waals surface area (Å²) in [7, 11) is 0. The molecule has 1 aliphatic heterocycles. The molecule has 2 nitrogen and oxygen atoms in total. The number of rotatable bonds is 3. The van der Waals surface area contributed by atoms with E-state index in [0.717, 1.165) is 25.8 Å². The molecule has 1 rings (SSSR count). The minimum Gasteiger partial charge on any atom is -0.340 e. The van der Waals surface area contributed by atoms with Crippen LogP contribution in [0.5, 0.6) is 0 Å². The van der Waals surface area contributed by atoms with Crippen molar-refractivity contribution in [3.63, 3.8) is 0 Å². The van der Waals surface area contributed by atoms with Crippen molar-refractivity contribution in [3.8, 4) is 0 Å². The van der Waals surface area contributed by atoms with E-state index in [2.05, 4.69) is 13.8 Å². The van der Waals surface area contributed by atoms with Crippen LogP contribution in [0.3, 0.4) is 0 Å². The summed E-state index contributed by atoms with van der Waals surface area (Å²) in [4.78, 5) is 13.2. The second-order valence-corrected chi connectivity index (χ2v) is 3.33. The maximum atomic E-state index is 11.2. The van der Waals surface area contributed by atoms with E-state index in [1.807, 2.05) is 4.90 Å². The van der Waals surface area contributed by atoms with Gasteiger partial charge in [0.1, 0.15) is 0 Å². The van der Waals surface area contributed by atoms with E-state index in [1.54, 1.807) is 0 Å². The molecule has 1 aliphatic rings. The molecule has 1 heterocycles. The number of nitrogens with zero attached hydrogens (tertiary/aromatic N) is 1. The van der Waals surface area contributed by atoms with Crippen molar-refractivity contribution in [1.29, 1.82) is 0 Å². The first-order valence-corrected chi connectivity index (χ1v) is 4.55. The Hall–Kier alpha value is -0.530. The van der Waals surface area contributed by atoms with Gasteiger partial charge >= 0.3 is 0 Å². The number of amides is 1. The molecule has 0 aromatic rings. The normalized spacial score (nSPS) is 24.7. The summed E-state index contributed by atoms with van der Waals surface area (Å²) in [6, 6.07) is 0.494. The molecular weight excluding hydrogens is 138 g/mol. The first kappa shape index (κ1) is 8.57. The number of likely N-dealkylation sites (tertiary alicyclic amines) is 1. The quantitative estimate of drug-likeness (QED) is 0.608. The predicted octanol–water partition coefficient (Wildman–Crippen LogP) is 1.80. The molecule has 1 amide bonds. The summed E-state index contributed by atoms with van der Waals surface area (Å²) in [6.45, 7) is 5.27. The lowest BCUT2D eigenvalue weighted by Crippen LogP contribution is -2.31. The van der Waals surface area contributed by atoms with E-state index >= 15 is 0 Å². The number of hydrogen-bond donors (Lipinski definition) is 0. The highest BCUT2D eigenvalue weighted by atomic mass is 16.2. The van der Waals surface area contributed by atoms with Gasteiger partial charge in [-0.2, -0.15) is 0 Å². The van der Waals surface area contributed by atoms with E-state index < -0.39 is 0 Å². The summed E-state index contributed by atoms with van der Waals surface area (Å²) in [5.74, 6) is 0.353. The zero-order chi connectivity index (χ0) is 8.27. The van der Waals surface area contributed by atoms with Crippen LogP contribution >= 0.6 is 0 Å². The van der Waals surface area contributed by atoms with Crippen LogP contribution in [0, 0.1) is 0 Å². The highest BCUT2D eigenvalue weighted by Gasteiger charge is 2.26. The summed E-state index contributed by atoms with van der Waals surface area (Å²) >= 11 is 0. The van der Waals surface area contributed by atoms with E-state index in [4.69, 9.17) is 0 Å². The average molecular weight is 155 g/mol. The maximum absolute atomic E-state index is 11.2. The Bertz CT molecular complexity index is 144. The van der Waals surface area contributed by atoms with Crippen molar-refractivity contribution in [3.05, 3.63) is 0 Å². The minimum absolute atomic E-state index is 0.353. The highest BCUT2D eigenvalue weighted by molar-refractivity contribution is 5.78. The molecule has 0 bridgehead atoms. The van der Waals surface area contributed by atoms with Crippen LogP contribution in [0.1, 0.15) is 39.5 Å². The highest BCUT2D eigenvalue weighted by Crippen LogP contribution is 2.18. The summed E-state index contributed by atoms with van der Waals surface area (Å²) in [5, 5.41) is 0. The largest absolute Gasteiger partial charge is 0.340 e. The Morgan fingerprint density at radius 2 is 2.36 bits per heavy atom. The van der Waals surface area contributed by atoms with Gasteiger partial charge in [-0.05, 0) is 19.8 Å². The van der Waals surface area contributed by atoms with E-state index in [0.29, 0.717) is 11.9 Å². The van der Waals surface area contributed by atoms with Gasteiger partial charge in [0.2, 0.25) is 5.91 Å². The predicted molar refractivity (Wildman–Crippen MR) is 45.3 cm³/mol. The van der Waals surface area contributed by atoms with Crippen molar-refractivity contribution < 1.29 is 4.79 Å². The molecule has 11 heavy (non-hydrogen) atoms. The van der Waals surface area contributed by atoms with Crippen LogP contribution in [-0.4, -0.2) is 23.4 Å². The van der Waals surface area contributed by atoms with Crippen LogP contribution in [0.25, 0.3) is 0 Å². The third-order valence-electron chi connectivity index (χ3n) is 2.38. The molecule has 1 saturated heterocycles. The van der Waals surface area contributed by atoms with Crippen LogP contribution in [0.2, 0.25) is 0 Å². The molecule has 0 saturated carbocycles. The smallest absolute Gasteiger partial charge is 0.222 e. The molecule has 64 valence electrons. The maximum Gasteiger partial charge on any atom is 0.222 e. The van der Waals surface area contributed by atoms with Crippen molar-refractivity contribution in [1.82, 2.24) is 4.90 Å². The molecule has 0 unspecified atom stereocenters. The summed E-state index contributed by atoms with van der Waals surface area (Å²) in [5.41, 5.74) is 0. The third-order valence-corrected chi connectivity index (χ3v) is 2.38. The van der Waals surface area contributed by atoms with E-state index in [-0.39, 0.29) is 0 Å². The zero-order valence-corrected chi connectivity index (χ0v) is 7.47. The molecule has 2 heteroatoms. The summed E-state index contributed by atoms with van der Waals surface area (Å²) in [6.07, 6.45) is 4.15. The lowest BCUT2D eigenvalue weighted by molar-refractivity contribution is -0.128. The first-order valence-electron chi connectivity index (χ1n) is 4.55. The number of carbonyl (C=O) groups excluding carboxylic acids is 1. The minimum atomic E-state index is 0.353. The van der Waals surface area contributed by atoms with Gasteiger partial charge in [-0.3, -0.25) is 4.79 Å². The van der Waals surface area contributed by atoms with Gasteiger partial charge < -0.3 is 4.90 Å². The van der Waals surface area contributed by atoms with Gasteiger partial charge in [0.05, 0.1) is 0 Å². The van der Waals surface area contributed by atoms with Gasteiger partial charge in [-0.15, -0.1) is 0 Å².